The van der Waals surface area contributed by atoms with Crippen LogP contribution in [-0.4, -0.2) is 26.2 Å². The molecule has 3 rings (SSSR count). The number of methoxy groups -OCH3 is 1. The fourth-order valence-corrected chi connectivity index (χ4v) is 2.56. The predicted molar refractivity (Wildman–Crippen MR) is 96.0 cm³/mol. The first-order valence-electron chi connectivity index (χ1n) is 8.12. The molecule has 0 spiro atoms. The van der Waals surface area contributed by atoms with E-state index in [0.29, 0.717) is 42.6 Å². The average molecular weight is 350 g/mol. The Labute approximate surface area is 151 Å². The number of fused-ring (bicyclic) bond motifs is 1. The lowest BCUT2D eigenvalue weighted by Crippen LogP contribution is -2.20. The van der Waals surface area contributed by atoms with Gasteiger partial charge in [-0.05, 0) is 41.5 Å². The number of ether oxygens (including phenoxy) is 3. The van der Waals surface area contributed by atoms with E-state index in [-0.39, 0.29) is 5.91 Å². The zero-order valence-corrected chi connectivity index (χ0v) is 14.3. The van der Waals surface area contributed by atoms with Crippen LogP contribution < -0.4 is 19.5 Å². The normalized spacial score (nSPS) is 12.5. The van der Waals surface area contributed by atoms with Crippen LogP contribution in [0.1, 0.15) is 16.7 Å². The smallest absolute Gasteiger partial charge is 0.244 e. The minimum atomic E-state index is -0.235. The highest BCUT2D eigenvalue weighted by atomic mass is 16.6. The van der Waals surface area contributed by atoms with Crippen LogP contribution in [0.3, 0.4) is 0 Å². The molecule has 0 fully saturated rings. The Morgan fingerprint density at radius 1 is 1.31 bits per heavy atom. The van der Waals surface area contributed by atoms with E-state index in [9.17, 15) is 4.79 Å². The molecule has 0 saturated heterocycles. The van der Waals surface area contributed by atoms with E-state index in [2.05, 4.69) is 11.4 Å². The molecule has 0 atom stereocenters. The summed E-state index contributed by atoms with van der Waals surface area (Å²) in [6.45, 7) is 1.31. The summed E-state index contributed by atoms with van der Waals surface area (Å²) >= 11 is 0. The number of nitrogens with one attached hydrogen (secondary N) is 1. The Balaban J connectivity index is 1.65. The third-order valence-electron chi connectivity index (χ3n) is 3.80. The van der Waals surface area contributed by atoms with Gasteiger partial charge in [0.15, 0.2) is 11.5 Å². The Morgan fingerprint density at radius 3 is 2.96 bits per heavy atom. The summed E-state index contributed by atoms with van der Waals surface area (Å²) in [6, 6.07) is 12.8. The highest BCUT2D eigenvalue weighted by molar-refractivity contribution is 5.91. The number of hydrogen-bond acceptors (Lipinski definition) is 5. The summed E-state index contributed by atoms with van der Waals surface area (Å²) in [5.41, 5.74) is 2.20. The summed E-state index contributed by atoms with van der Waals surface area (Å²) in [4.78, 5) is 12.0. The SMILES string of the molecule is COc1cc(/C=C/C(=O)NCc2cccc(C#N)c2)cc2c1OCCO2. The highest BCUT2D eigenvalue weighted by Crippen LogP contribution is 2.40. The van der Waals surface area contributed by atoms with Crippen LogP contribution in [0.2, 0.25) is 0 Å². The maximum absolute atomic E-state index is 12.0. The topological polar surface area (TPSA) is 80.6 Å². The first-order chi connectivity index (χ1) is 12.7. The molecule has 1 heterocycles. The fraction of sp³-hybridized carbons (Fsp3) is 0.200. The zero-order chi connectivity index (χ0) is 18.4. The maximum Gasteiger partial charge on any atom is 0.244 e. The molecule has 0 saturated carbocycles. The number of nitriles is 1. The molecule has 0 aliphatic carbocycles. The lowest BCUT2D eigenvalue weighted by Gasteiger charge is -2.20. The number of carbonyl (C=O) groups excluding carboxylic acids is 1. The van der Waals surface area contributed by atoms with E-state index < -0.39 is 0 Å². The van der Waals surface area contributed by atoms with Gasteiger partial charge in [-0.2, -0.15) is 5.26 Å². The Hall–Kier alpha value is -3.46. The first kappa shape index (κ1) is 17.4. The monoisotopic (exact) mass is 350 g/mol. The van der Waals surface area contributed by atoms with Crippen LogP contribution in [0.15, 0.2) is 42.5 Å². The lowest BCUT2D eigenvalue weighted by molar-refractivity contribution is -0.116. The predicted octanol–water partition coefficient (Wildman–Crippen LogP) is 2.67. The van der Waals surface area contributed by atoms with Gasteiger partial charge in [-0.1, -0.05) is 12.1 Å². The molecule has 0 bridgehead atoms. The van der Waals surface area contributed by atoms with Gasteiger partial charge in [-0.25, -0.2) is 0 Å². The Kier molecular flexibility index (Phi) is 5.40. The number of nitrogens with zero attached hydrogens (tertiary/aromatic N) is 1. The van der Waals surface area contributed by atoms with Gasteiger partial charge in [0.2, 0.25) is 11.7 Å². The van der Waals surface area contributed by atoms with Gasteiger partial charge in [-0.15, -0.1) is 0 Å². The molecule has 1 N–H and O–H groups in total. The largest absolute Gasteiger partial charge is 0.493 e. The second-order valence-electron chi connectivity index (χ2n) is 5.61. The highest BCUT2D eigenvalue weighted by Gasteiger charge is 2.17. The summed E-state index contributed by atoms with van der Waals surface area (Å²) in [6.07, 6.45) is 3.13. The Bertz CT molecular complexity index is 867. The summed E-state index contributed by atoms with van der Waals surface area (Å²) in [5, 5.41) is 11.7. The molecule has 6 heteroatoms. The molecular formula is C20H18N2O4. The molecule has 2 aromatic carbocycles. The van der Waals surface area contributed by atoms with E-state index in [0.717, 1.165) is 11.1 Å². The second kappa shape index (κ2) is 8.08. The van der Waals surface area contributed by atoms with Gasteiger partial charge in [0.25, 0.3) is 0 Å². The van der Waals surface area contributed by atoms with Crippen molar-refractivity contribution < 1.29 is 19.0 Å². The van der Waals surface area contributed by atoms with Crippen molar-refractivity contribution in [2.75, 3.05) is 20.3 Å². The molecular weight excluding hydrogens is 332 g/mol. The minimum absolute atomic E-state index is 0.235. The van der Waals surface area contributed by atoms with Crippen molar-refractivity contribution in [1.82, 2.24) is 5.32 Å². The van der Waals surface area contributed by atoms with Crippen LogP contribution in [0.5, 0.6) is 17.2 Å². The van der Waals surface area contributed by atoms with Crippen LogP contribution in [0.4, 0.5) is 0 Å². The van der Waals surface area contributed by atoms with Gasteiger partial charge >= 0.3 is 0 Å². The van der Waals surface area contributed by atoms with Crippen molar-refractivity contribution in [2.45, 2.75) is 6.54 Å². The fourth-order valence-electron chi connectivity index (χ4n) is 2.56. The van der Waals surface area contributed by atoms with Crippen LogP contribution in [-0.2, 0) is 11.3 Å². The van der Waals surface area contributed by atoms with Crippen LogP contribution in [0, 0.1) is 11.3 Å². The van der Waals surface area contributed by atoms with Gasteiger partial charge in [0.05, 0.1) is 18.7 Å². The second-order valence-corrected chi connectivity index (χ2v) is 5.61. The van der Waals surface area contributed by atoms with E-state index in [1.54, 1.807) is 43.5 Å². The molecule has 0 radical (unpaired) electrons. The maximum atomic E-state index is 12.0. The molecule has 1 aliphatic heterocycles. The van der Waals surface area contributed by atoms with Gasteiger partial charge in [-0.3, -0.25) is 4.79 Å². The average Bonchev–Trinajstić information content (AvgIpc) is 2.70. The molecule has 26 heavy (non-hydrogen) atoms. The van der Waals surface area contributed by atoms with Crippen molar-refractivity contribution in [2.24, 2.45) is 0 Å². The van der Waals surface area contributed by atoms with E-state index in [1.165, 1.54) is 6.08 Å². The third kappa shape index (κ3) is 4.14. The van der Waals surface area contributed by atoms with Crippen molar-refractivity contribution >= 4 is 12.0 Å². The molecule has 6 nitrogen and oxygen atoms in total. The number of amides is 1. The first-order valence-corrected chi connectivity index (χ1v) is 8.12. The van der Waals surface area contributed by atoms with Gasteiger partial charge in [0.1, 0.15) is 13.2 Å². The lowest BCUT2D eigenvalue weighted by atomic mass is 10.1. The van der Waals surface area contributed by atoms with Gasteiger partial charge < -0.3 is 19.5 Å². The minimum Gasteiger partial charge on any atom is -0.493 e. The van der Waals surface area contributed by atoms with Crippen LogP contribution in [0.25, 0.3) is 6.08 Å². The number of rotatable bonds is 5. The molecule has 0 aromatic heterocycles. The summed E-state index contributed by atoms with van der Waals surface area (Å²) in [5.74, 6) is 1.51. The van der Waals surface area contributed by atoms with Crippen molar-refractivity contribution in [3.05, 3.63) is 59.2 Å². The number of benzene rings is 2. The van der Waals surface area contributed by atoms with E-state index in [1.807, 2.05) is 6.07 Å². The molecule has 0 unspecified atom stereocenters. The van der Waals surface area contributed by atoms with Crippen molar-refractivity contribution in [1.29, 1.82) is 5.26 Å². The third-order valence-corrected chi connectivity index (χ3v) is 3.80. The zero-order valence-electron chi connectivity index (χ0n) is 14.3. The number of hydrogen-bond donors (Lipinski definition) is 1. The Morgan fingerprint density at radius 2 is 2.15 bits per heavy atom. The molecule has 1 amide bonds. The summed E-state index contributed by atoms with van der Waals surface area (Å²) < 4.78 is 16.5. The van der Waals surface area contributed by atoms with Crippen LogP contribution >= 0.6 is 0 Å². The van der Waals surface area contributed by atoms with Crippen molar-refractivity contribution in [3.8, 4) is 23.3 Å². The standard InChI is InChI=1S/C20H18N2O4/c1-24-17-10-14(11-18-20(17)26-8-7-25-18)5-6-19(23)22-13-16-4-2-3-15(9-16)12-21/h2-6,9-11H,7-8,13H2,1H3,(H,22,23)/b6-5+. The van der Waals surface area contributed by atoms with Gasteiger partial charge in [0, 0.05) is 12.6 Å². The number of carbonyl (C=O) groups is 1. The summed E-state index contributed by atoms with van der Waals surface area (Å²) in [7, 11) is 1.56. The van der Waals surface area contributed by atoms with Crippen molar-refractivity contribution in [3.63, 3.8) is 0 Å². The molecule has 1 aliphatic rings. The van der Waals surface area contributed by atoms with E-state index in [4.69, 9.17) is 19.5 Å². The molecule has 132 valence electrons. The molecule has 2 aromatic rings. The quantitative estimate of drug-likeness (QED) is 0.839. The van der Waals surface area contributed by atoms with E-state index >= 15 is 0 Å².